The molecule has 0 fully saturated rings. The number of carboxylic acids is 1. The van der Waals surface area contributed by atoms with E-state index in [9.17, 15) is 4.79 Å². The molecule has 5 nitrogen and oxygen atoms in total. The van der Waals surface area contributed by atoms with Crippen LogP contribution in [0.4, 0.5) is 11.5 Å². The molecular formula is C13H21N3O2. The van der Waals surface area contributed by atoms with E-state index in [1.165, 1.54) is 6.07 Å². The molecule has 1 unspecified atom stereocenters. The van der Waals surface area contributed by atoms with Crippen molar-refractivity contribution in [2.24, 2.45) is 11.3 Å². The van der Waals surface area contributed by atoms with Crippen molar-refractivity contribution in [1.29, 1.82) is 0 Å². The van der Waals surface area contributed by atoms with E-state index in [0.29, 0.717) is 24.0 Å². The first-order chi connectivity index (χ1) is 8.21. The van der Waals surface area contributed by atoms with Gasteiger partial charge in [0.05, 0.1) is 5.69 Å². The number of hydrogen-bond donors (Lipinski definition) is 3. The molecule has 4 N–H and O–H groups in total. The summed E-state index contributed by atoms with van der Waals surface area (Å²) in [6, 6.07) is 2.95. The molecule has 5 heteroatoms. The SMILES string of the molecule is CC(CNc1nc(C(=O)O)ccc1N)C(C)(C)C. The number of anilines is 2. The van der Waals surface area contributed by atoms with Crippen LogP contribution in [0, 0.1) is 11.3 Å². The number of rotatable bonds is 4. The third kappa shape index (κ3) is 3.61. The zero-order valence-corrected chi connectivity index (χ0v) is 11.3. The number of carboxylic acid groups (broad SMARTS) is 1. The molecule has 0 saturated carbocycles. The number of carbonyl (C=O) groups is 1. The summed E-state index contributed by atoms with van der Waals surface area (Å²) in [5.74, 6) is -0.208. The number of nitrogens with one attached hydrogen (secondary N) is 1. The molecule has 1 heterocycles. The smallest absolute Gasteiger partial charge is 0.354 e. The summed E-state index contributed by atoms with van der Waals surface area (Å²) in [7, 11) is 0. The Labute approximate surface area is 107 Å². The Hall–Kier alpha value is -1.78. The average molecular weight is 251 g/mol. The summed E-state index contributed by atoms with van der Waals surface area (Å²) in [4.78, 5) is 14.8. The van der Waals surface area contributed by atoms with Gasteiger partial charge in [-0.3, -0.25) is 0 Å². The van der Waals surface area contributed by atoms with Crippen LogP contribution in [-0.4, -0.2) is 22.6 Å². The lowest BCUT2D eigenvalue weighted by Gasteiger charge is -2.27. The van der Waals surface area contributed by atoms with Gasteiger partial charge in [0, 0.05) is 6.54 Å². The van der Waals surface area contributed by atoms with E-state index in [0.717, 1.165) is 0 Å². The minimum absolute atomic E-state index is 0.00453. The molecule has 0 amide bonds. The number of hydrogen-bond acceptors (Lipinski definition) is 4. The van der Waals surface area contributed by atoms with Crippen molar-refractivity contribution in [3.63, 3.8) is 0 Å². The lowest BCUT2D eigenvalue weighted by Crippen LogP contribution is -2.25. The zero-order chi connectivity index (χ0) is 13.9. The molecule has 0 aliphatic carbocycles. The van der Waals surface area contributed by atoms with E-state index in [1.807, 2.05) is 0 Å². The van der Waals surface area contributed by atoms with Gasteiger partial charge in [0.2, 0.25) is 0 Å². The van der Waals surface area contributed by atoms with Crippen LogP contribution in [0.5, 0.6) is 0 Å². The highest BCUT2D eigenvalue weighted by Gasteiger charge is 2.20. The van der Waals surface area contributed by atoms with Gasteiger partial charge in [0.15, 0.2) is 5.69 Å². The molecule has 18 heavy (non-hydrogen) atoms. The summed E-state index contributed by atoms with van der Waals surface area (Å²) >= 11 is 0. The molecule has 0 aromatic carbocycles. The van der Waals surface area contributed by atoms with E-state index >= 15 is 0 Å². The number of pyridine rings is 1. The lowest BCUT2D eigenvalue weighted by atomic mass is 9.82. The largest absolute Gasteiger partial charge is 0.477 e. The maximum atomic E-state index is 10.8. The number of nitrogens with zero attached hydrogens (tertiary/aromatic N) is 1. The summed E-state index contributed by atoms with van der Waals surface area (Å²) in [5, 5.41) is 12.0. The Balaban J connectivity index is 2.78. The fourth-order valence-electron chi connectivity index (χ4n) is 1.29. The van der Waals surface area contributed by atoms with Gasteiger partial charge in [-0.15, -0.1) is 0 Å². The Bertz CT molecular complexity index is 438. The second kappa shape index (κ2) is 5.25. The maximum Gasteiger partial charge on any atom is 0.354 e. The van der Waals surface area contributed by atoms with Crippen LogP contribution in [0.25, 0.3) is 0 Å². The molecule has 0 bridgehead atoms. The third-order valence-electron chi connectivity index (χ3n) is 3.20. The highest BCUT2D eigenvalue weighted by Crippen LogP contribution is 2.26. The molecule has 0 aliphatic rings. The highest BCUT2D eigenvalue weighted by molar-refractivity contribution is 5.86. The first-order valence-electron chi connectivity index (χ1n) is 5.95. The standard InChI is InChI=1S/C13H21N3O2/c1-8(13(2,3)4)7-15-11-9(14)5-6-10(16-11)12(17)18/h5-6,8H,7,14H2,1-4H3,(H,15,16)(H,17,18). The highest BCUT2D eigenvalue weighted by atomic mass is 16.4. The molecule has 100 valence electrons. The summed E-state index contributed by atoms with van der Waals surface area (Å²) in [5.41, 5.74) is 6.39. The minimum Gasteiger partial charge on any atom is -0.477 e. The van der Waals surface area contributed by atoms with Gasteiger partial charge in [-0.1, -0.05) is 27.7 Å². The van der Waals surface area contributed by atoms with Gasteiger partial charge >= 0.3 is 5.97 Å². The Kier molecular flexibility index (Phi) is 4.16. The second-order valence-corrected chi connectivity index (χ2v) is 5.59. The Morgan fingerprint density at radius 2 is 2.11 bits per heavy atom. The molecule has 0 radical (unpaired) electrons. The van der Waals surface area contributed by atoms with Crippen LogP contribution < -0.4 is 11.1 Å². The van der Waals surface area contributed by atoms with Crippen LogP contribution in [0.15, 0.2) is 12.1 Å². The fraction of sp³-hybridized carbons (Fsp3) is 0.538. The second-order valence-electron chi connectivity index (χ2n) is 5.59. The Morgan fingerprint density at radius 1 is 1.50 bits per heavy atom. The van der Waals surface area contributed by atoms with Crippen molar-refractivity contribution in [2.75, 3.05) is 17.6 Å². The van der Waals surface area contributed by atoms with Crippen molar-refractivity contribution in [3.8, 4) is 0 Å². The predicted molar refractivity (Wildman–Crippen MR) is 72.7 cm³/mol. The number of aromatic nitrogens is 1. The monoisotopic (exact) mass is 251 g/mol. The van der Waals surface area contributed by atoms with Crippen LogP contribution >= 0.6 is 0 Å². The van der Waals surface area contributed by atoms with Crippen molar-refractivity contribution in [3.05, 3.63) is 17.8 Å². The molecule has 1 atom stereocenters. The van der Waals surface area contributed by atoms with E-state index < -0.39 is 5.97 Å². The van der Waals surface area contributed by atoms with Crippen molar-refractivity contribution in [1.82, 2.24) is 4.98 Å². The van der Waals surface area contributed by atoms with Crippen LogP contribution in [0.3, 0.4) is 0 Å². The van der Waals surface area contributed by atoms with Gasteiger partial charge in [0.25, 0.3) is 0 Å². The van der Waals surface area contributed by atoms with Crippen LogP contribution in [-0.2, 0) is 0 Å². The molecule has 1 aromatic heterocycles. The number of aromatic carboxylic acids is 1. The van der Waals surface area contributed by atoms with Crippen molar-refractivity contribution >= 4 is 17.5 Å². The van der Waals surface area contributed by atoms with Crippen LogP contribution in [0.1, 0.15) is 38.2 Å². The molecular weight excluding hydrogens is 230 g/mol. The first-order valence-corrected chi connectivity index (χ1v) is 5.95. The predicted octanol–water partition coefficient (Wildman–Crippen LogP) is 2.46. The molecule has 0 saturated heterocycles. The van der Waals surface area contributed by atoms with E-state index in [2.05, 4.69) is 38.0 Å². The Morgan fingerprint density at radius 3 is 2.61 bits per heavy atom. The van der Waals surface area contributed by atoms with Crippen molar-refractivity contribution < 1.29 is 9.90 Å². The van der Waals surface area contributed by atoms with E-state index in [-0.39, 0.29) is 11.1 Å². The van der Waals surface area contributed by atoms with Gasteiger partial charge in [-0.2, -0.15) is 0 Å². The molecule has 0 aliphatic heterocycles. The van der Waals surface area contributed by atoms with Crippen molar-refractivity contribution in [2.45, 2.75) is 27.7 Å². The molecule has 1 rings (SSSR count). The van der Waals surface area contributed by atoms with Crippen LogP contribution in [0.2, 0.25) is 0 Å². The lowest BCUT2D eigenvalue weighted by molar-refractivity contribution is 0.0690. The van der Waals surface area contributed by atoms with Gasteiger partial charge in [-0.05, 0) is 23.5 Å². The van der Waals surface area contributed by atoms with Gasteiger partial charge in [0.1, 0.15) is 5.82 Å². The number of nitrogen functional groups attached to an aromatic ring is 1. The minimum atomic E-state index is -1.05. The summed E-state index contributed by atoms with van der Waals surface area (Å²) in [6.45, 7) is 9.30. The fourth-order valence-corrected chi connectivity index (χ4v) is 1.29. The molecule has 1 aromatic rings. The quantitative estimate of drug-likeness (QED) is 0.765. The molecule has 0 spiro atoms. The van der Waals surface area contributed by atoms with E-state index in [1.54, 1.807) is 6.07 Å². The number of nitrogens with two attached hydrogens (primary N) is 1. The van der Waals surface area contributed by atoms with E-state index in [4.69, 9.17) is 10.8 Å². The maximum absolute atomic E-state index is 10.8. The first kappa shape index (κ1) is 14.3. The summed E-state index contributed by atoms with van der Waals surface area (Å²) < 4.78 is 0. The zero-order valence-electron chi connectivity index (χ0n) is 11.3. The average Bonchev–Trinajstić information content (AvgIpc) is 2.25. The summed E-state index contributed by atoms with van der Waals surface area (Å²) in [6.07, 6.45) is 0. The van der Waals surface area contributed by atoms with Gasteiger partial charge in [-0.25, -0.2) is 9.78 Å². The van der Waals surface area contributed by atoms with Gasteiger partial charge < -0.3 is 16.2 Å². The third-order valence-corrected chi connectivity index (χ3v) is 3.20. The topological polar surface area (TPSA) is 88.2 Å². The normalized spacial score (nSPS) is 13.1.